The van der Waals surface area contributed by atoms with Gasteiger partial charge in [-0.15, -0.1) is 0 Å². The zero-order valence-corrected chi connectivity index (χ0v) is 10.1. The van der Waals surface area contributed by atoms with Crippen LogP contribution in [0.3, 0.4) is 0 Å². The van der Waals surface area contributed by atoms with Gasteiger partial charge in [-0.25, -0.2) is 4.79 Å². The zero-order valence-electron chi connectivity index (χ0n) is 10.1. The second kappa shape index (κ2) is 5.33. The lowest BCUT2D eigenvalue weighted by Crippen LogP contribution is -2.42. The van der Waals surface area contributed by atoms with Gasteiger partial charge in [0.05, 0.1) is 20.3 Å². The first kappa shape index (κ1) is 12.1. The maximum Gasteiger partial charge on any atom is 0.331 e. The Morgan fingerprint density at radius 1 is 1.41 bits per heavy atom. The summed E-state index contributed by atoms with van der Waals surface area (Å²) in [6.45, 7) is 4.54. The van der Waals surface area contributed by atoms with Crippen molar-refractivity contribution in [1.29, 1.82) is 0 Å². The average Bonchev–Trinajstić information content (AvgIpc) is 2.77. The number of carbonyl (C=O) groups is 1. The summed E-state index contributed by atoms with van der Waals surface area (Å²) in [5.74, 6) is 1.14. The van der Waals surface area contributed by atoms with E-state index in [1.54, 1.807) is 0 Å². The summed E-state index contributed by atoms with van der Waals surface area (Å²) in [6.07, 6.45) is 0. The monoisotopic (exact) mass is 239 g/mol. The van der Waals surface area contributed by atoms with E-state index in [1.165, 1.54) is 7.11 Å². The SMILES string of the molecule is COC(=O)C(c1ccc(C)o1)N1CCOCC1. The van der Waals surface area contributed by atoms with Crippen LogP contribution in [0.2, 0.25) is 0 Å². The van der Waals surface area contributed by atoms with Gasteiger partial charge >= 0.3 is 5.97 Å². The molecule has 0 aliphatic carbocycles. The maximum atomic E-state index is 11.9. The standard InChI is InChI=1S/C12H17NO4/c1-9-3-4-10(17-9)11(12(14)15-2)13-5-7-16-8-6-13/h3-4,11H,5-8H2,1-2H3. The lowest BCUT2D eigenvalue weighted by molar-refractivity contribution is -0.149. The molecule has 17 heavy (non-hydrogen) atoms. The van der Waals surface area contributed by atoms with E-state index in [0.717, 1.165) is 5.76 Å². The topological polar surface area (TPSA) is 51.9 Å². The van der Waals surface area contributed by atoms with E-state index in [1.807, 2.05) is 24.0 Å². The van der Waals surface area contributed by atoms with Crippen LogP contribution < -0.4 is 0 Å². The maximum absolute atomic E-state index is 11.9. The molecule has 1 aromatic rings. The van der Waals surface area contributed by atoms with Gasteiger partial charge in [0.25, 0.3) is 0 Å². The normalized spacial score (nSPS) is 18.9. The number of furan rings is 1. The predicted octanol–water partition coefficient (Wildman–Crippen LogP) is 1.13. The summed E-state index contributed by atoms with van der Waals surface area (Å²) in [4.78, 5) is 13.9. The molecule has 0 saturated carbocycles. The van der Waals surface area contributed by atoms with E-state index in [-0.39, 0.29) is 5.97 Å². The molecular formula is C12H17NO4. The van der Waals surface area contributed by atoms with Gasteiger partial charge in [0.2, 0.25) is 0 Å². The number of rotatable bonds is 3. The quantitative estimate of drug-likeness (QED) is 0.740. The van der Waals surface area contributed by atoms with Gasteiger partial charge < -0.3 is 13.9 Å². The smallest absolute Gasteiger partial charge is 0.331 e. The van der Waals surface area contributed by atoms with Crippen molar-refractivity contribution in [3.63, 3.8) is 0 Å². The molecule has 1 atom stereocenters. The molecule has 1 aliphatic heterocycles. The van der Waals surface area contributed by atoms with Gasteiger partial charge in [-0.05, 0) is 19.1 Å². The second-order valence-corrected chi connectivity index (χ2v) is 4.02. The van der Waals surface area contributed by atoms with E-state index >= 15 is 0 Å². The van der Waals surface area contributed by atoms with Crippen LogP contribution in [-0.4, -0.2) is 44.3 Å². The molecule has 1 unspecified atom stereocenters. The van der Waals surface area contributed by atoms with Crippen LogP contribution in [0.1, 0.15) is 17.6 Å². The van der Waals surface area contributed by atoms with Gasteiger partial charge in [-0.3, -0.25) is 4.90 Å². The Bertz CT molecular complexity index is 382. The summed E-state index contributed by atoms with van der Waals surface area (Å²) in [7, 11) is 1.39. The molecule has 94 valence electrons. The molecule has 5 heteroatoms. The van der Waals surface area contributed by atoms with Crippen LogP contribution in [0.5, 0.6) is 0 Å². The van der Waals surface area contributed by atoms with Gasteiger partial charge in [0.1, 0.15) is 11.5 Å². The first-order chi connectivity index (χ1) is 8.22. The third-order valence-corrected chi connectivity index (χ3v) is 2.87. The van der Waals surface area contributed by atoms with E-state index < -0.39 is 6.04 Å². The van der Waals surface area contributed by atoms with Crippen molar-refractivity contribution >= 4 is 5.97 Å². The number of carbonyl (C=O) groups excluding carboxylic acids is 1. The van der Waals surface area contributed by atoms with E-state index in [0.29, 0.717) is 32.1 Å². The Morgan fingerprint density at radius 2 is 2.12 bits per heavy atom. The van der Waals surface area contributed by atoms with Crippen molar-refractivity contribution in [1.82, 2.24) is 4.90 Å². The minimum absolute atomic E-state index is 0.291. The van der Waals surface area contributed by atoms with Gasteiger partial charge in [-0.1, -0.05) is 0 Å². The van der Waals surface area contributed by atoms with Gasteiger partial charge in [-0.2, -0.15) is 0 Å². The minimum atomic E-state index is -0.461. The highest BCUT2D eigenvalue weighted by molar-refractivity contribution is 5.76. The highest BCUT2D eigenvalue weighted by Gasteiger charge is 2.32. The molecule has 0 bridgehead atoms. The number of methoxy groups -OCH3 is 1. The fraction of sp³-hybridized carbons (Fsp3) is 0.583. The third-order valence-electron chi connectivity index (χ3n) is 2.87. The molecule has 0 spiro atoms. The minimum Gasteiger partial charge on any atom is -0.467 e. The van der Waals surface area contributed by atoms with E-state index in [4.69, 9.17) is 13.9 Å². The summed E-state index contributed by atoms with van der Waals surface area (Å²) in [5, 5.41) is 0. The Hall–Kier alpha value is -1.33. The summed E-state index contributed by atoms with van der Waals surface area (Å²) in [5.41, 5.74) is 0. The van der Waals surface area contributed by atoms with Crippen LogP contribution in [0, 0.1) is 6.92 Å². The first-order valence-electron chi connectivity index (χ1n) is 5.68. The van der Waals surface area contributed by atoms with Gasteiger partial charge in [0.15, 0.2) is 6.04 Å². The Kier molecular flexibility index (Phi) is 3.81. The largest absolute Gasteiger partial charge is 0.467 e. The molecule has 1 aliphatic rings. The second-order valence-electron chi connectivity index (χ2n) is 4.02. The Morgan fingerprint density at radius 3 is 2.65 bits per heavy atom. The molecule has 1 aromatic heterocycles. The molecule has 1 fully saturated rings. The zero-order chi connectivity index (χ0) is 12.3. The molecule has 2 rings (SSSR count). The van der Waals surface area contributed by atoms with Crippen LogP contribution in [0.15, 0.2) is 16.5 Å². The first-order valence-corrected chi connectivity index (χ1v) is 5.68. The molecule has 0 aromatic carbocycles. The van der Waals surface area contributed by atoms with Crippen LogP contribution in [0.25, 0.3) is 0 Å². The molecule has 0 amide bonds. The van der Waals surface area contributed by atoms with Crippen molar-refractivity contribution in [2.24, 2.45) is 0 Å². The average molecular weight is 239 g/mol. The number of esters is 1. The van der Waals surface area contributed by atoms with Crippen molar-refractivity contribution in [2.45, 2.75) is 13.0 Å². The van der Waals surface area contributed by atoms with Crippen molar-refractivity contribution in [2.75, 3.05) is 33.4 Å². The third kappa shape index (κ3) is 2.68. The Balaban J connectivity index is 2.21. The molecule has 0 radical (unpaired) electrons. The van der Waals surface area contributed by atoms with Crippen molar-refractivity contribution in [3.8, 4) is 0 Å². The van der Waals surface area contributed by atoms with Crippen LogP contribution in [-0.2, 0) is 14.3 Å². The van der Waals surface area contributed by atoms with E-state index in [9.17, 15) is 4.79 Å². The predicted molar refractivity (Wildman–Crippen MR) is 60.6 cm³/mol. The summed E-state index contributed by atoms with van der Waals surface area (Å²) >= 11 is 0. The fourth-order valence-corrected chi connectivity index (χ4v) is 1.99. The molecule has 5 nitrogen and oxygen atoms in total. The lowest BCUT2D eigenvalue weighted by Gasteiger charge is -2.31. The number of hydrogen-bond donors (Lipinski definition) is 0. The van der Waals surface area contributed by atoms with Crippen LogP contribution >= 0.6 is 0 Å². The van der Waals surface area contributed by atoms with Crippen molar-refractivity contribution in [3.05, 3.63) is 23.7 Å². The number of ether oxygens (including phenoxy) is 2. The summed E-state index contributed by atoms with van der Waals surface area (Å²) < 4.78 is 15.7. The molecule has 1 saturated heterocycles. The summed E-state index contributed by atoms with van der Waals surface area (Å²) in [6, 6.07) is 3.22. The highest BCUT2D eigenvalue weighted by atomic mass is 16.5. The number of aryl methyl sites for hydroxylation is 1. The Labute approximate surface area is 100 Å². The number of hydrogen-bond acceptors (Lipinski definition) is 5. The number of morpholine rings is 1. The van der Waals surface area contributed by atoms with E-state index in [2.05, 4.69) is 0 Å². The van der Waals surface area contributed by atoms with Crippen LogP contribution in [0.4, 0.5) is 0 Å². The number of nitrogens with zero attached hydrogens (tertiary/aromatic N) is 1. The van der Waals surface area contributed by atoms with Gasteiger partial charge in [0, 0.05) is 13.1 Å². The molecule has 0 N–H and O–H groups in total. The van der Waals surface area contributed by atoms with Crippen molar-refractivity contribution < 1.29 is 18.7 Å². The molecule has 2 heterocycles. The highest BCUT2D eigenvalue weighted by Crippen LogP contribution is 2.24. The fourth-order valence-electron chi connectivity index (χ4n) is 1.99. The lowest BCUT2D eigenvalue weighted by atomic mass is 10.2. The molecular weight excluding hydrogens is 222 g/mol.